The third kappa shape index (κ3) is 3.66. The number of amides is 1. The number of para-hydroxylation sites is 2. The van der Waals surface area contributed by atoms with E-state index >= 15 is 0 Å². The zero-order valence-electron chi connectivity index (χ0n) is 14.3. The molecule has 1 aliphatic heterocycles. The van der Waals surface area contributed by atoms with Crippen molar-refractivity contribution in [3.63, 3.8) is 0 Å². The van der Waals surface area contributed by atoms with Crippen LogP contribution in [0, 0.1) is 0 Å². The summed E-state index contributed by atoms with van der Waals surface area (Å²) in [7, 11) is 1.56. The predicted molar refractivity (Wildman–Crippen MR) is 107 cm³/mol. The molecule has 1 heterocycles. The minimum absolute atomic E-state index is 0.264. The van der Waals surface area contributed by atoms with Crippen LogP contribution in [0.5, 0.6) is 5.75 Å². The summed E-state index contributed by atoms with van der Waals surface area (Å²) in [6, 6.07) is 14.2. The molecule has 0 aliphatic carbocycles. The number of carbonyl (C=O) groups excluding carboxylic acids is 1. The molecule has 26 heavy (non-hydrogen) atoms. The van der Waals surface area contributed by atoms with Gasteiger partial charge < -0.3 is 20.7 Å². The van der Waals surface area contributed by atoms with Gasteiger partial charge in [0.2, 0.25) is 0 Å². The third-order valence-corrected chi connectivity index (χ3v) is 4.65. The van der Waals surface area contributed by atoms with Crippen molar-refractivity contribution < 1.29 is 9.53 Å². The average molecular weight is 388 g/mol. The smallest absolute Gasteiger partial charge is 0.255 e. The summed E-state index contributed by atoms with van der Waals surface area (Å²) in [6.07, 6.45) is 0. The molecule has 0 aromatic heterocycles. The molecule has 5 nitrogen and oxygen atoms in total. The van der Waals surface area contributed by atoms with E-state index in [1.165, 1.54) is 0 Å². The fourth-order valence-electron chi connectivity index (χ4n) is 2.87. The zero-order chi connectivity index (χ0) is 18.7. The lowest BCUT2D eigenvalue weighted by molar-refractivity contribution is -0.113. The summed E-state index contributed by atoms with van der Waals surface area (Å²) in [4.78, 5) is 13.1. The second-order valence-corrected chi connectivity index (χ2v) is 6.56. The Labute approximate surface area is 162 Å². The van der Waals surface area contributed by atoms with Gasteiger partial charge in [0.05, 0.1) is 24.4 Å². The molecule has 0 spiro atoms. The minimum Gasteiger partial charge on any atom is -0.495 e. The Hall–Kier alpha value is -2.57. The Balaban J connectivity index is 1.99. The second kappa shape index (κ2) is 7.76. The van der Waals surface area contributed by atoms with Crippen LogP contribution < -0.4 is 20.7 Å². The van der Waals surface area contributed by atoms with Gasteiger partial charge in [-0.05, 0) is 42.9 Å². The highest BCUT2D eigenvalue weighted by atomic mass is 35.5. The largest absolute Gasteiger partial charge is 0.495 e. The summed E-state index contributed by atoms with van der Waals surface area (Å²) in [5.41, 5.74) is 2.55. The van der Waals surface area contributed by atoms with Crippen LogP contribution in [0.3, 0.4) is 0 Å². The molecule has 0 unspecified atom stereocenters. The van der Waals surface area contributed by atoms with Gasteiger partial charge in [-0.2, -0.15) is 0 Å². The summed E-state index contributed by atoms with van der Waals surface area (Å²) in [5.74, 6) is 0.320. The summed E-state index contributed by atoms with van der Waals surface area (Å²) in [6.45, 7) is 1.81. The lowest BCUT2D eigenvalue weighted by Crippen LogP contribution is -2.45. The number of allylic oxidation sites excluding steroid dienone is 1. The first kappa shape index (κ1) is 18.2. The van der Waals surface area contributed by atoms with Crippen LogP contribution >= 0.6 is 23.8 Å². The van der Waals surface area contributed by atoms with Crippen molar-refractivity contribution in [1.29, 1.82) is 0 Å². The van der Waals surface area contributed by atoms with Gasteiger partial charge in [0, 0.05) is 10.7 Å². The van der Waals surface area contributed by atoms with Gasteiger partial charge in [-0.1, -0.05) is 41.9 Å². The van der Waals surface area contributed by atoms with Crippen molar-refractivity contribution in [1.82, 2.24) is 10.6 Å². The first-order chi connectivity index (χ1) is 12.5. The Morgan fingerprint density at radius 2 is 1.88 bits per heavy atom. The number of hydrogen-bond acceptors (Lipinski definition) is 3. The van der Waals surface area contributed by atoms with Crippen LogP contribution in [0.4, 0.5) is 5.69 Å². The SMILES string of the molecule is COc1ccccc1NC(=O)C1=C(C)NC(=S)N[C@H]1c1ccccc1Cl. The molecule has 0 saturated heterocycles. The highest BCUT2D eigenvalue weighted by Crippen LogP contribution is 2.33. The molecule has 2 aromatic carbocycles. The molecule has 0 radical (unpaired) electrons. The second-order valence-electron chi connectivity index (χ2n) is 5.75. The first-order valence-corrected chi connectivity index (χ1v) is 8.77. The van der Waals surface area contributed by atoms with Crippen LogP contribution in [-0.4, -0.2) is 18.1 Å². The number of methoxy groups -OCH3 is 1. The standard InChI is InChI=1S/C19H18ClN3O2S/c1-11-16(18(24)22-14-9-5-6-10-15(14)25-2)17(23-19(26)21-11)12-7-3-4-8-13(12)20/h3-10,17H,1-2H3,(H,22,24)(H2,21,23,26)/t17-/m0/s1. The highest BCUT2D eigenvalue weighted by molar-refractivity contribution is 7.80. The van der Waals surface area contributed by atoms with Crippen molar-refractivity contribution in [3.8, 4) is 5.75 Å². The van der Waals surface area contributed by atoms with Crippen molar-refractivity contribution in [2.45, 2.75) is 13.0 Å². The Kier molecular flexibility index (Phi) is 5.44. The zero-order valence-corrected chi connectivity index (χ0v) is 15.9. The fraction of sp³-hybridized carbons (Fsp3) is 0.158. The van der Waals surface area contributed by atoms with Crippen molar-refractivity contribution in [2.24, 2.45) is 0 Å². The molecule has 1 amide bonds. The Morgan fingerprint density at radius 1 is 1.19 bits per heavy atom. The topological polar surface area (TPSA) is 62.4 Å². The van der Waals surface area contributed by atoms with E-state index in [4.69, 9.17) is 28.6 Å². The van der Waals surface area contributed by atoms with E-state index in [1.807, 2.05) is 37.3 Å². The Bertz CT molecular complexity index is 898. The number of benzene rings is 2. The van der Waals surface area contributed by atoms with Gasteiger partial charge in [-0.3, -0.25) is 4.79 Å². The van der Waals surface area contributed by atoms with Crippen LogP contribution in [0.2, 0.25) is 5.02 Å². The number of rotatable bonds is 4. The number of halogens is 1. The number of ether oxygens (including phenoxy) is 1. The van der Waals surface area contributed by atoms with Gasteiger partial charge in [-0.25, -0.2) is 0 Å². The molecule has 7 heteroatoms. The van der Waals surface area contributed by atoms with Crippen molar-refractivity contribution in [2.75, 3.05) is 12.4 Å². The van der Waals surface area contributed by atoms with Crippen molar-refractivity contribution >= 4 is 40.5 Å². The molecule has 3 N–H and O–H groups in total. The molecule has 0 saturated carbocycles. The third-order valence-electron chi connectivity index (χ3n) is 4.09. The minimum atomic E-state index is -0.452. The van der Waals surface area contributed by atoms with E-state index in [1.54, 1.807) is 25.3 Å². The maximum absolute atomic E-state index is 13.1. The number of anilines is 1. The maximum Gasteiger partial charge on any atom is 0.255 e. The van der Waals surface area contributed by atoms with Gasteiger partial charge in [0.1, 0.15) is 5.75 Å². The summed E-state index contributed by atoms with van der Waals surface area (Å²) in [5, 5.41) is 10.1. The lowest BCUT2D eigenvalue weighted by atomic mass is 9.95. The molecular formula is C19H18ClN3O2S. The van der Waals surface area contributed by atoms with Crippen LogP contribution in [0.1, 0.15) is 18.5 Å². The summed E-state index contributed by atoms with van der Waals surface area (Å²) >= 11 is 11.6. The van der Waals surface area contributed by atoms with Crippen molar-refractivity contribution in [3.05, 3.63) is 70.4 Å². The number of carbonyl (C=O) groups is 1. The monoisotopic (exact) mass is 387 g/mol. The molecule has 134 valence electrons. The van der Waals surface area contributed by atoms with Gasteiger partial charge in [-0.15, -0.1) is 0 Å². The molecule has 0 fully saturated rings. The molecule has 2 aromatic rings. The van der Waals surface area contributed by atoms with Gasteiger partial charge >= 0.3 is 0 Å². The number of nitrogens with one attached hydrogen (secondary N) is 3. The lowest BCUT2D eigenvalue weighted by Gasteiger charge is -2.31. The first-order valence-electron chi connectivity index (χ1n) is 7.98. The quantitative estimate of drug-likeness (QED) is 0.697. The van der Waals surface area contributed by atoms with Gasteiger partial charge in [0.25, 0.3) is 5.91 Å². The van der Waals surface area contributed by atoms with E-state index in [0.717, 1.165) is 5.56 Å². The van der Waals surface area contributed by atoms with Crippen LogP contribution in [0.25, 0.3) is 0 Å². The van der Waals surface area contributed by atoms with Crippen LogP contribution in [0.15, 0.2) is 59.8 Å². The molecule has 0 bridgehead atoms. The van der Waals surface area contributed by atoms with Crippen LogP contribution in [-0.2, 0) is 4.79 Å². The molecule has 3 rings (SSSR count). The van der Waals surface area contributed by atoms with E-state index < -0.39 is 6.04 Å². The molecule has 1 aliphatic rings. The number of hydrogen-bond donors (Lipinski definition) is 3. The van der Waals surface area contributed by atoms with E-state index in [2.05, 4.69) is 16.0 Å². The predicted octanol–water partition coefficient (Wildman–Crippen LogP) is 3.78. The maximum atomic E-state index is 13.1. The summed E-state index contributed by atoms with van der Waals surface area (Å²) < 4.78 is 5.30. The highest BCUT2D eigenvalue weighted by Gasteiger charge is 2.31. The molecule has 1 atom stereocenters. The van der Waals surface area contributed by atoms with E-state index in [-0.39, 0.29) is 5.91 Å². The Morgan fingerprint density at radius 3 is 2.62 bits per heavy atom. The normalized spacial score (nSPS) is 16.6. The van der Waals surface area contributed by atoms with Gasteiger partial charge in [0.15, 0.2) is 5.11 Å². The van der Waals surface area contributed by atoms with E-state index in [9.17, 15) is 4.79 Å². The fourth-order valence-corrected chi connectivity index (χ4v) is 3.39. The van der Waals surface area contributed by atoms with E-state index in [0.29, 0.717) is 32.8 Å². The molecular weight excluding hydrogens is 370 g/mol. The average Bonchev–Trinajstić information content (AvgIpc) is 2.61. The number of thiocarbonyl (C=S) groups is 1.